The molecule has 0 unspecified atom stereocenters. The van der Waals surface area contributed by atoms with Gasteiger partial charge in [-0.15, -0.1) is 11.8 Å². The Morgan fingerprint density at radius 2 is 2.04 bits per heavy atom. The van der Waals surface area contributed by atoms with E-state index in [4.69, 9.17) is 4.74 Å². The van der Waals surface area contributed by atoms with Crippen molar-refractivity contribution in [3.63, 3.8) is 0 Å². The van der Waals surface area contributed by atoms with Crippen LogP contribution in [-0.4, -0.2) is 36.7 Å². The molecule has 0 radical (unpaired) electrons. The second-order valence-corrected chi connectivity index (χ2v) is 7.26. The Bertz CT molecular complexity index is 904. The van der Waals surface area contributed by atoms with Gasteiger partial charge in [-0.2, -0.15) is 0 Å². The molecule has 0 atom stereocenters. The zero-order valence-electron chi connectivity index (χ0n) is 15.0. The predicted octanol–water partition coefficient (Wildman–Crippen LogP) is 2.78. The smallest absolute Gasteiger partial charge is 0.338 e. The van der Waals surface area contributed by atoms with Crippen molar-refractivity contribution in [2.24, 2.45) is 0 Å². The highest BCUT2D eigenvalue weighted by atomic mass is 32.2. The summed E-state index contributed by atoms with van der Waals surface area (Å²) in [5.74, 6) is -0.878. The maximum Gasteiger partial charge on any atom is 0.338 e. The number of ether oxygens (including phenoxy) is 1. The van der Waals surface area contributed by atoms with Crippen LogP contribution in [0.3, 0.4) is 0 Å². The number of hydrogen-bond donors (Lipinski definition) is 2. The Kier molecular flexibility index (Phi) is 6.65. The Hall–Kier alpha value is -2.87. The molecule has 0 spiro atoms. The molecule has 0 aromatic heterocycles. The van der Waals surface area contributed by atoms with Gasteiger partial charge in [0.25, 0.3) is 5.91 Å². The number of esters is 1. The molecule has 2 amide bonds. The van der Waals surface area contributed by atoms with Crippen molar-refractivity contribution < 1.29 is 23.5 Å². The third-order valence-electron chi connectivity index (χ3n) is 4.08. The third kappa shape index (κ3) is 5.32. The van der Waals surface area contributed by atoms with Gasteiger partial charge in [-0.3, -0.25) is 9.59 Å². The first-order valence-electron chi connectivity index (χ1n) is 8.77. The number of halogens is 1. The summed E-state index contributed by atoms with van der Waals surface area (Å²) in [6, 6.07) is 11.2. The minimum atomic E-state index is -0.657. The minimum Gasteiger partial charge on any atom is -0.452 e. The Balaban J connectivity index is 1.48. The van der Waals surface area contributed by atoms with E-state index in [1.54, 1.807) is 36.4 Å². The van der Waals surface area contributed by atoms with Crippen LogP contribution < -0.4 is 10.6 Å². The number of thioether (sulfide) groups is 1. The van der Waals surface area contributed by atoms with Gasteiger partial charge in [0.1, 0.15) is 5.82 Å². The lowest BCUT2D eigenvalue weighted by molar-refractivity contribution is -0.124. The predicted molar refractivity (Wildman–Crippen MR) is 104 cm³/mol. The molecule has 3 rings (SSSR count). The quantitative estimate of drug-likeness (QED) is 0.726. The van der Waals surface area contributed by atoms with Gasteiger partial charge in [0.15, 0.2) is 6.61 Å². The number of hydrogen-bond acceptors (Lipinski definition) is 5. The number of fused-ring (bicyclic) bond motifs is 1. The van der Waals surface area contributed by atoms with Crippen LogP contribution in [0.1, 0.15) is 22.3 Å². The topological polar surface area (TPSA) is 84.5 Å². The van der Waals surface area contributed by atoms with Crippen LogP contribution in [0, 0.1) is 5.82 Å². The van der Waals surface area contributed by atoms with Crippen molar-refractivity contribution in [3.8, 4) is 0 Å². The van der Waals surface area contributed by atoms with Gasteiger partial charge in [0.05, 0.1) is 11.3 Å². The number of amides is 2. The van der Waals surface area contributed by atoms with Gasteiger partial charge in [-0.25, -0.2) is 9.18 Å². The number of nitrogens with one attached hydrogen (secondary N) is 2. The molecule has 146 valence electrons. The van der Waals surface area contributed by atoms with Crippen LogP contribution in [0.15, 0.2) is 47.4 Å². The molecule has 0 fully saturated rings. The first kappa shape index (κ1) is 19.9. The van der Waals surface area contributed by atoms with E-state index in [0.717, 1.165) is 4.90 Å². The molecular formula is C20H19FN2O4S. The van der Waals surface area contributed by atoms with Crippen molar-refractivity contribution in [2.45, 2.75) is 17.7 Å². The summed E-state index contributed by atoms with van der Waals surface area (Å²) in [5.41, 5.74) is 1.32. The summed E-state index contributed by atoms with van der Waals surface area (Å²) in [6.07, 6.45) is 0.751. The Morgan fingerprint density at radius 1 is 1.21 bits per heavy atom. The summed E-state index contributed by atoms with van der Waals surface area (Å²) in [7, 11) is 0. The standard InChI is InChI=1S/C20H19FN2O4S/c21-15-4-2-1-3-13(15)7-9-22-19(25)12-27-20(26)14-5-6-17-16(11-14)23-18(24)8-10-28-17/h1-6,11H,7-10,12H2,(H,22,25)(H,23,24). The number of benzene rings is 2. The summed E-state index contributed by atoms with van der Waals surface area (Å²) in [4.78, 5) is 36.5. The maximum atomic E-state index is 13.5. The second-order valence-electron chi connectivity index (χ2n) is 6.13. The normalized spacial score (nSPS) is 13.1. The fraction of sp³-hybridized carbons (Fsp3) is 0.250. The lowest BCUT2D eigenvalue weighted by Crippen LogP contribution is -2.30. The molecule has 1 heterocycles. The van der Waals surface area contributed by atoms with Gasteiger partial charge in [0.2, 0.25) is 5.91 Å². The van der Waals surface area contributed by atoms with E-state index < -0.39 is 18.5 Å². The molecule has 2 aromatic carbocycles. The lowest BCUT2D eigenvalue weighted by atomic mass is 10.1. The summed E-state index contributed by atoms with van der Waals surface area (Å²) < 4.78 is 18.5. The monoisotopic (exact) mass is 402 g/mol. The highest BCUT2D eigenvalue weighted by Crippen LogP contribution is 2.31. The lowest BCUT2D eigenvalue weighted by Gasteiger charge is -2.10. The third-order valence-corrected chi connectivity index (χ3v) is 5.16. The molecule has 2 aromatic rings. The van der Waals surface area contributed by atoms with E-state index in [9.17, 15) is 18.8 Å². The van der Waals surface area contributed by atoms with E-state index in [0.29, 0.717) is 29.8 Å². The molecule has 0 saturated heterocycles. The molecule has 8 heteroatoms. The molecule has 1 aliphatic heterocycles. The number of carbonyl (C=O) groups excluding carboxylic acids is 3. The van der Waals surface area contributed by atoms with Gasteiger partial charge in [0, 0.05) is 23.6 Å². The molecular weight excluding hydrogens is 383 g/mol. The van der Waals surface area contributed by atoms with E-state index in [-0.39, 0.29) is 23.8 Å². The average molecular weight is 402 g/mol. The van der Waals surface area contributed by atoms with Gasteiger partial charge in [-0.05, 0) is 36.2 Å². The largest absolute Gasteiger partial charge is 0.452 e. The Morgan fingerprint density at radius 3 is 2.86 bits per heavy atom. The van der Waals surface area contributed by atoms with Crippen molar-refractivity contribution in [2.75, 3.05) is 24.2 Å². The summed E-state index contributed by atoms with van der Waals surface area (Å²) in [5, 5.41) is 5.34. The van der Waals surface area contributed by atoms with Crippen LogP contribution in [0.5, 0.6) is 0 Å². The van der Waals surface area contributed by atoms with Crippen LogP contribution in [-0.2, 0) is 20.7 Å². The van der Waals surface area contributed by atoms with E-state index in [1.165, 1.54) is 17.8 Å². The van der Waals surface area contributed by atoms with Crippen molar-refractivity contribution in [3.05, 3.63) is 59.4 Å². The van der Waals surface area contributed by atoms with Crippen LogP contribution in [0.25, 0.3) is 0 Å². The fourth-order valence-electron chi connectivity index (χ4n) is 2.65. The summed E-state index contributed by atoms with van der Waals surface area (Å²) >= 11 is 1.53. The molecule has 2 N–H and O–H groups in total. The maximum absolute atomic E-state index is 13.5. The number of rotatable bonds is 6. The molecule has 0 bridgehead atoms. The zero-order chi connectivity index (χ0) is 19.9. The van der Waals surface area contributed by atoms with E-state index in [1.807, 2.05) is 0 Å². The fourth-order valence-corrected chi connectivity index (χ4v) is 3.59. The van der Waals surface area contributed by atoms with Gasteiger partial charge in [-0.1, -0.05) is 18.2 Å². The van der Waals surface area contributed by atoms with Gasteiger partial charge >= 0.3 is 5.97 Å². The Labute approximate surface area is 165 Å². The van der Waals surface area contributed by atoms with Crippen LogP contribution in [0.2, 0.25) is 0 Å². The number of carbonyl (C=O) groups is 3. The minimum absolute atomic E-state index is 0.106. The van der Waals surface area contributed by atoms with Crippen molar-refractivity contribution in [1.29, 1.82) is 0 Å². The first-order chi connectivity index (χ1) is 13.5. The van der Waals surface area contributed by atoms with Crippen molar-refractivity contribution >= 4 is 35.2 Å². The van der Waals surface area contributed by atoms with Gasteiger partial charge < -0.3 is 15.4 Å². The highest BCUT2D eigenvalue weighted by Gasteiger charge is 2.17. The molecule has 0 saturated carbocycles. The molecule has 1 aliphatic rings. The highest BCUT2D eigenvalue weighted by molar-refractivity contribution is 7.99. The zero-order valence-corrected chi connectivity index (χ0v) is 15.8. The van der Waals surface area contributed by atoms with Crippen LogP contribution >= 0.6 is 11.8 Å². The van der Waals surface area contributed by atoms with E-state index >= 15 is 0 Å². The second kappa shape index (κ2) is 9.36. The average Bonchev–Trinajstić information content (AvgIpc) is 2.87. The SMILES string of the molecule is O=C(COC(=O)c1ccc2c(c1)NC(=O)CCS2)NCCc1ccccc1F. The first-order valence-corrected chi connectivity index (χ1v) is 9.75. The molecule has 0 aliphatic carbocycles. The molecule has 6 nitrogen and oxygen atoms in total. The molecule has 28 heavy (non-hydrogen) atoms. The van der Waals surface area contributed by atoms with Crippen LogP contribution in [0.4, 0.5) is 10.1 Å². The van der Waals surface area contributed by atoms with Crippen molar-refractivity contribution in [1.82, 2.24) is 5.32 Å². The summed E-state index contributed by atoms with van der Waals surface area (Å²) in [6.45, 7) is -0.201. The van der Waals surface area contributed by atoms with E-state index in [2.05, 4.69) is 10.6 Å². The number of anilines is 1.